The monoisotopic (exact) mass is 447 g/mol. The second-order valence-corrected chi connectivity index (χ2v) is 9.15. The summed E-state index contributed by atoms with van der Waals surface area (Å²) in [6, 6.07) is 11.6. The summed E-state index contributed by atoms with van der Waals surface area (Å²) < 4.78 is 32.4. The average Bonchev–Trinajstić information content (AvgIpc) is 2.78. The van der Waals surface area contributed by atoms with E-state index in [2.05, 4.69) is 10.6 Å². The number of sulfonamides is 1. The molecule has 0 bridgehead atoms. The van der Waals surface area contributed by atoms with Crippen LogP contribution >= 0.6 is 0 Å². The Morgan fingerprint density at radius 2 is 1.65 bits per heavy atom. The Bertz CT molecular complexity index is 1020. The highest BCUT2D eigenvalue weighted by Crippen LogP contribution is 2.30. The Hall–Kier alpha value is -3.07. The van der Waals surface area contributed by atoms with E-state index >= 15 is 0 Å². The van der Waals surface area contributed by atoms with Crippen molar-refractivity contribution in [3.8, 4) is 5.75 Å². The number of hydrogen-bond acceptors (Lipinski definition) is 5. The van der Waals surface area contributed by atoms with Crippen molar-refractivity contribution in [3.63, 3.8) is 0 Å². The van der Waals surface area contributed by atoms with Crippen molar-refractivity contribution in [2.75, 3.05) is 18.5 Å². The topological polar surface area (TPSA) is 105 Å². The van der Waals surface area contributed by atoms with Gasteiger partial charge in [0.2, 0.25) is 5.91 Å². The molecule has 0 radical (unpaired) electrons. The van der Waals surface area contributed by atoms with Gasteiger partial charge in [0.1, 0.15) is 11.8 Å². The van der Waals surface area contributed by atoms with E-state index in [4.69, 9.17) is 4.74 Å². The van der Waals surface area contributed by atoms with Crippen molar-refractivity contribution in [1.82, 2.24) is 10.6 Å². The standard InChI is InChI=1S/C22H29N3O5S/c1-6-15(2)23-21(26)16(3)24-22(27)17-11-13-18(14-12-17)31(28,29)25(4)19-9-7-8-10-20(19)30-5/h7-16H,6H2,1-5H3,(H,23,26)(H,24,27)/t15-,16+/m0/s1. The molecule has 0 saturated heterocycles. The lowest BCUT2D eigenvalue weighted by atomic mass is 10.2. The van der Waals surface area contributed by atoms with Crippen LogP contribution in [0.1, 0.15) is 37.6 Å². The normalized spacial score (nSPS) is 13.1. The van der Waals surface area contributed by atoms with Gasteiger partial charge in [-0.3, -0.25) is 13.9 Å². The van der Waals surface area contributed by atoms with E-state index in [0.29, 0.717) is 11.4 Å². The molecule has 0 unspecified atom stereocenters. The van der Waals surface area contributed by atoms with Crippen LogP contribution in [-0.4, -0.2) is 46.5 Å². The predicted molar refractivity (Wildman–Crippen MR) is 120 cm³/mol. The highest BCUT2D eigenvalue weighted by atomic mass is 32.2. The Morgan fingerprint density at radius 1 is 1.03 bits per heavy atom. The van der Waals surface area contributed by atoms with Crippen LogP contribution in [0, 0.1) is 0 Å². The highest BCUT2D eigenvalue weighted by Gasteiger charge is 2.24. The highest BCUT2D eigenvalue weighted by molar-refractivity contribution is 7.92. The number of amides is 2. The van der Waals surface area contributed by atoms with Crippen LogP contribution < -0.4 is 19.7 Å². The number of anilines is 1. The maximum atomic E-state index is 13.0. The van der Waals surface area contributed by atoms with E-state index < -0.39 is 22.0 Å². The van der Waals surface area contributed by atoms with E-state index in [1.165, 1.54) is 38.4 Å². The molecule has 2 amide bonds. The van der Waals surface area contributed by atoms with Gasteiger partial charge in [-0.2, -0.15) is 0 Å². The van der Waals surface area contributed by atoms with Gasteiger partial charge in [-0.15, -0.1) is 0 Å². The van der Waals surface area contributed by atoms with Gasteiger partial charge in [0.25, 0.3) is 15.9 Å². The molecule has 31 heavy (non-hydrogen) atoms. The lowest BCUT2D eigenvalue weighted by molar-refractivity contribution is -0.123. The number of methoxy groups -OCH3 is 1. The Balaban J connectivity index is 2.15. The molecule has 2 N–H and O–H groups in total. The molecule has 0 saturated carbocycles. The summed E-state index contributed by atoms with van der Waals surface area (Å²) >= 11 is 0. The summed E-state index contributed by atoms with van der Waals surface area (Å²) in [4.78, 5) is 24.6. The SMILES string of the molecule is CC[C@H](C)NC(=O)[C@@H](C)NC(=O)c1ccc(S(=O)(=O)N(C)c2ccccc2OC)cc1. The minimum Gasteiger partial charge on any atom is -0.495 e. The molecule has 0 spiro atoms. The fourth-order valence-electron chi connectivity index (χ4n) is 2.77. The molecule has 0 fully saturated rings. The first-order valence-corrected chi connectivity index (χ1v) is 11.4. The maximum Gasteiger partial charge on any atom is 0.264 e. The second-order valence-electron chi connectivity index (χ2n) is 7.18. The molecule has 0 aromatic heterocycles. The zero-order valence-electron chi connectivity index (χ0n) is 18.4. The predicted octanol–water partition coefficient (Wildman–Crippen LogP) is 2.55. The zero-order valence-corrected chi connectivity index (χ0v) is 19.2. The summed E-state index contributed by atoms with van der Waals surface area (Å²) in [5.41, 5.74) is 0.648. The molecule has 0 heterocycles. The molecular formula is C22H29N3O5S. The van der Waals surface area contributed by atoms with Gasteiger partial charge in [0, 0.05) is 18.7 Å². The molecule has 0 aliphatic heterocycles. The second kappa shape index (κ2) is 10.3. The molecule has 2 aromatic rings. The molecule has 0 aliphatic rings. The van der Waals surface area contributed by atoms with Crippen LogP contribution in [0.4, 0.5) is 5.69 Å². The number of benzene rings is 2. The molecule has 2 atom stereocenters. The first-order chi connectivity index (χ1) is 14.6. The fraction of sp³-hybridized carbons (Fsp3) is 0.364. The average molecular weight is 448 g/mol. The van der Waals surface area contributed by atoms with Crippen LogP contribution in [0.5, 0.6) is 5.75 Å². The molecule has 8 nitrogen and oxygen atoms in total. The van der Waals surface area contributed by atoms with Gasteiger partial charge in [-0.25, -0.2) is 8.42 Å². The van der Waals surface area contributed by atoms with Gasteiger partial charge in [-0.1, -0.05) is 19.1 Å². The van der Waals surface area contributed by atoms with Gasteiger partial charge in [0.05, 0.1) is 17.7 Å². The maximum absolute atomic E-state index is 13.0. The Kier molecular flexibility index (Phi) is 8.04. The fourth-order valence-corrected chi connectivity index (χ4v) is 3.98. The number of nitrogens with zero attached hydrogens (tertiary/aromatic N) is 1. The van der Waals surface area contributed by atoms with Crippen LogP contribution in [0.25, 0.3) is 0 Å². The number of carbonyl (C=O) groups is 2. The van der Waals surface area contributed by atoms with E-state index in [1.54, 1.807) is 31.2 Å². The van der Waals surface area contributed by atoms with Gasteiger partial charge in [-0.05, 0) is 56.7 Å². The lowest BCUT2D eigenvalue weighted by Crippen LogP contribution is -2.47. The Labute approximate surface area is 183 Å². The molecule has 168 valence electrons. The van der Waals surface area contributed by atoms with Gasteiger partial charge in [0.15, 0.2) is 0 Å². The van der Waals surface area contributed by atoms with E-state index in [9.17, 15) is 18.0 Å². The van der Waals surface area contributed by atoms with E-state index in [1.807, 2.05) is 13.8 Å². The van der Waals surface area contributed by atoms with Crippen LogP contribution in [0.15, 0.2) is 53.4 Å². The van der Waals surface area contributed by atoms with E-state index in [0.717, 1.165) is 10.7 Å². The third kappa shape index (κ3) is 5.75. The molecule has 2 aromatic carbocycles. The van der Waals surface area contributed by atoms with Gasteiger partial charge >= 0.3 is 0 Å². The molecule has 2 rings (SSSR count). The van der Waals surface area contributed by atoms with Crippen molar-refractivity contribution in [3.05, 3.63) is 54.1 Å². The number of ether oxygens (including phenoxy) is 1. The summed E-state index contributed by atoms with van der Waals surface area (Å²) in [7, 11) is -0.957. The quantitative estimate of drug-likeness (QED) is 0.615. The van der Waals surface area contributed by atoms with Crippen molar-refractivity contribution in [1.29, 1.82) is 0 Å². The third-order valence-corrected chi connectivity index (χ3v) is 6.73. The van der Waals surface area contributed by atoms with Crippen molar-refractivity contribution < 1.29 is 22.7 Å². The summed E-state index contributed by atoms with van der Waals surface area (Å²) in [5.74, 6) is -0.316. The molecule has 0 aliphatic carbocycles. The summed E-state index contributed by atoms with van der Waals surface area (Å²) in [6.45, 7) is 5.43. The van der Waals surface area contributed by atoms with Crippen molar-refractivity contribution in [2.45, 2.75) is 44.2 Å². The first-order valence-electron chi connectivity index (χ1n) is 9.95. The number of hydrogen-bond donors (Lipinski definition) is 2. The Morgan fingerprint density at radius 3 is 2.23 bits per heavy atom. The van der Waals surface area contributed by atoms with Gasteiger partial charge < -0.3 is 15.4 Å². The minimum absolute atomic E-state index is 0.0107. The summed E-state index contributed by atoms with van der Waals surface area (Å²) in [5, 5.41) is 5.42. The summed E-state index contributed by atoms with van der Waals surface area (Å²) in [6.07, 6.45) is 0.783. The minimum atomic E-state index is -3.86. The number of nitrogens with one attached hydrogen (secondary N) is 2. The number of carbonyl (C=O) groups excluding carboxylic acids is 2. The zero-order chi connectivity index (χ0) is 23.2. The lowest BCUT2D eigenvalue weighted by Gasteiger charge is -2.21. The van der Waals surface area contributed by atoms with E-state index in [-0.39, 0.29) is 22.4 Å². The first kappa shape index (κ1) is 24.2. The largest absolute Gasteiger partial charge is 0.495 e. The van der Waals surface area contributed by atoms with Crippen LogP contribution in [0.2, 0.25) is 0 Å². The van der Waals surface area contributed by atoms with Crippen LogP contribution in [0.3, 0.4) is 0 Å². The van der Waals surface area contributed by atoms with Crippen LogP contribution in [-0.2, 0) is 14.8 Å². The van der Waals surface area contributed by atoms with Crippen molar-refractivity contribution in [2.24, 2.45) is 0 Å². The smallest absolute Gasteiger partial charge is 0.264 e. The molecule has 9 heteroatoms. The number of para-hydroxylation sites is 2. The third-order valence-electron chi connectivity index (χ3n) is 4.94. The number of rotatable bonds is 9. The molecular weight excluding hydrogens is 418 g/mol. The van der Waals surface area contributed by atoms with Crippen molar-refractivity contribution >= 4 is 27.5 Å².